The van der Waals surface area contributed by atoms with Crippen LogP contribution in [0.25, 0.3) is 11.4 Å². The molecular weight excluding hydrogens is 406 g/mol. The van der Waals surface area contributed by atoms with E-state index in [-0.39, 0.29) is 11.8 Å². The summed E-state index contributed by atoms with van der Waals surface area (Å²) < 4.78 is 10.8. The van der Waals surface area contributed by atoms with Crippen molar-refractivity contribution >= 4 is 17.5 Å². The van der Waals surface area contributed by atoms with Crippen LogP contribution in [0.2, 0.25) is 5.02 Å². The summed E-state index contributed by atoms with van der Waals surface area (Å²) in [6.07, 6.45) is 1.90. The van der Waals surface area contributed by atoms with E-state index >= 15 is 0 Å². The van der Waals surface area contributed by atoms with Crippen molar-refractivity contribution in [3.63, 3.8) is 0 Å². The van der Waals surface area contributed by atoms with Crippen molar-refractivity contribution in [1.82, 2.24) is 25.3 Å². The first kappa shape index (κ1) is 21.2. The highest BCUT2D eigenvalue weighted by atomic mass is 35.5. The molecule has 2 aliphatic rings. The number of piperidine rings is 1. The standard InChI is InChI=1S/C21H28ClN5O3/c22-18-5-1-3-16(13-18)20-24-19(30-25-20)15-27-7-2-4-17(14-27)21(28)23-6-8-26-9-11-29-12-10-26/h1,3,5,13,17H,2,4,6-12,14-15H2,(H,23,28). The van der Waals surface area contributed by atoms with Crippen LogP contribution in [0, 0.1) is 5.92 Å². The quantitative estimate of drug-likeness (QED) is 0.715. The third-order valence-corrected chi connectivity index (χ3v) is 5.85. The van der Waals surface area contributed by atoms with Gasteiger partial charge >= 0.3 is 0 Å². The molecule has 0 radical (unpaired) electrons. The lowest BCUT2D eigenvalue weighted by Crippen LogP contribution is -2.45. The zero-order chi connectivity index (χ0) is 20.8. The van der Waals surface area contributed by atoms with Crippen LogP contribution in [0.4, 0.5) is 0 Å². The number of rotatable bonds is 7. The highest BCUT2D eigenvalue weighted by Crippen LogP contribution is 2.22. The number of ether oxygens (including phenoxy) is 1. The molecule has 162 valence electrons. The number of carbonyl (C=O) groups is 1. The first-order valence-electron chi connectivity index (χ1n) is 10.6. The summed E-state index contributed by atoms with van der Waals surface area (Å²) in [6, 6.07) is 7.39. The second kappa shape index (κ2) is 10.3. The predicted molar refractivity (Wildman–Crippen MR) is 113 cm³/mol. The summed E-state index contributed by atoms with van der Waals surface area (Å²) in [7, 11) is 0. The van der Waals surface area contributed by atoms with Gasteiger partial charge in [-0.1, -0.05) is 28.9 Å². The Kier molecular flexibility index (Phi) is 7.33. The number of nitrogens with one attached hydrogen (secondary N) is 1. The van der Waals surface area contributed by atoms with Crippen LogP contribution in [-0.2, 0) is 16.1 Å². The molecule has 0 bridgehead atoms. The van der Waals surface area contributed by atoms with Crippen molar-refractivity contribution < 1.29 is 14.1 Å². The Bertz CT molecular complexity index is 840. The van der Waals surface area contributed by atoms with Crippen LogP contribution in [0.15, 0.2) is 28.8 Å². The molecule has 1 unspecified atom stereocenters. The van der Waals surface area contributed by atoms with Crippen LogP contribution in [0.3, 0.4) is 0 Å². The Balaban J connectivity index is 1.25. The van der Waals surface area contributed by atoms with E-state index in [1.54, 1.807) is 0 Å². The van der Waals surface area contributed by atoms with Crippen LogP contribution in [0.1, 0.15) is 18.7 Å². The highest BCUT2D eigenvalue weighted by Gasteiger charge is 2.27. The Morgan fingerprint density at radius 2 is 2.10 bits per heavy atom. The van der Waals surface area contributed by atoms with E-state index in [2.05, 4.69) is 25.3 Å². The lowest BCUT2D eigenvalue weighted by Gasteiger charge is -2.31. The van der Waals surface area contributed by atoms with Gasteiger partial charge in [-0.25, -0.2) is 0 Å². The van der Waals surface area contributed by atoms with E-state index in [9.17, 15) is 4.79 Å². The molecule has 0 spiro atoms. The lowest BCUT2D eigenvalue weighted by atomic mass is 9.97. The van der Waals surface area contributed by atoms with Gasteiger partial charge in [0.1, 0.15) is 0 Å². The van der Waals surface area contributed by atoms with Crippen molar-refractivity contribution in [3.8, 4) is 11.4 Å². The summed E-state index contributed by atoms with van der Waals surface area (Å²) in [4.78, 5) is 21.6. The largest absolute Gasteiger partial charge is 0.379 e. The van der Waals surface area contributed by atoms with Gasteiger partial charge in [-0.3, -0.25) is 14.6 Å². The van der Waals surface area contributed by atoms with Gasteiger partial charge in [0.2, 0.25) is 17.6 Å². The first-order valence-corrected chi connectivity index (χ1v) is 10.9. The van der Waals surface area contributed by atoms with Crippen LogP contribution in [0.5, 0.6) is 0 Å². The highest BCUT2D eigenvalue weighted by molar-refractivity contribution is 6.30. The number of benzene rings is 1. The third kappa shape index (κ3) is 5.78. The van der Waals surface area contributed by atoms with Crippen molar-refractivity contribution in [3.05, 3.63) is 35.2 Å². The van der Waals surface area contributed by atoms with E-state index in [1.807, 2.05) is 24.3 Å². The van der Waals surface area contributed by atoms with E-state index in [1.165, 1.54) is 0 Å². The second-order valence-corrected chi connectivity index (χ2v) is 8.28. The number of halogens is 1. The molecule has 1 aromatic heterocycles. The minimum atomic E-state index is -0.00115. The van der Waals surface area contributed by atoms with Crippen LogP contribution in [-0.4, -0.2) is 78.3 Å². The third-order valence-electron chi connectivity index (χ3n) is 5.62. The molecule has 30 heavy (non-hydrogen) atoms. The van der Waals surface area contributed by atoms with E-state index in [0.29, 0.717) is 36.4 Å². The van der Waals surface area contributed by atoms with Gasteiger partial charge in [0, 0.05) is 43.3 Å². The van der Waals surface area contributed by atoms with Gasteiger partial charge in [-0.2, -0.15) is 4.98 Å². The lowest BCUT2D eigenvalue weighted by molar-refractivity contribution is -0.126. The number of morpholine rings is 1. The van der Waals surface area contributed by atoms with Gasteiger partial charge in [0.15, 0.2) is 0 Å². The fourth-order valence-electron chi connectivity index (χ4n) is 3.97. The number of hydrogen-bond acceptors (Lipinski definition) is 7. The molecule has 2 aromatic rings. The monoisotopic (exact) mass is 433 g/mol. The summed E-state index contributed by atoms with van der Waals surface area (Å²) in [5.41, 5.74) is 0.827. The molecule has 0 saturated carbocycles. The second-order valence-electron chi connectivity index (χ2n) is 7.84. The predicted octanol–water partition coefficient (Wildman–Crippen LogP) is 2.05. The fourth-order valence-corrected chi connectivity index (χ4v) is 4.16. The molecule has 8 nitrogen and oxygen atoms in total. The Labute approximate surface area is 181 Å². The number of aromatic nitrogens is 2. The van der Waals surface area contributed by atoms with Gasteiger partial charge in [0.25, 0.3) is 0 Å². The summed E-state index contributed by atoms with van der Waals surface area (Å²) >= 11 is 6.04. The molecule has 2 saturated heterocycles. The Hall–Kier alpha value is -2.00. The van der Waals surface area contributed by atoms with Gasteiger partial charge in [0.05, 0.1) is 25.7 Å². The molecule has 1 amide bonds. The average Bonchev–Trinajstić information content (AvgIpc) is 3.23. The van der Waals surface area contributed by atoms with Crippen molar-refractivity contribution in [2.75, 3.05) is 52.5 Å². The summed E-state index contributed by atoms with van der Waals surface area (Å²) in [6.45, 7) is 7.17. The number of amides is 1. The molecule has 1 N–H and O–H groups in total. The van der Waals surface area contributed by atoms with Crippen molar-refractivity contribution in [2.45, 2.75) is 19.4 Å². The molecule has 9 heteroatoms. The normalized spacial score (nSPS) is 20.9. The summed E-state index contributed by atoms with van der Waals surface area (Å²) in [5.74, 6) is 1.22. The molecule has 1 aromatic carbocycles. The van der Waals surface area contributed by atoms with E-state index in [4.69, 9.17) is 20.9 Å². The Morgan fingerprint density at radius 3 is 2.93 bits per heavy atom. The molecule has 3 heterocycles. The molecule has 1 atom stereocenters. The molecule has 2 aliphatic heterocycles. The van der Waals surface area contributed by atoms with E-state index in [0.717, 1.165) is 57.8 Å². The van der Waals surface area contributed by atoms with Crippen LogP contribution >= 0.6 is 11.6 Å². The van der Waals surface area contributed by atoms with E-state index < -0.39 is 0 Å². The minimum Gasteiger partial charge on any atom is -0.379 e. The number of nitrogens with zero attached hydrogens (tertiary/aromatic N) is 4. The molecular formula is C21H28ClN5O3. The maximum atomic E-state index is 12.6. The Morgan fingerprint density at radius 1 is 1.23 bits per heavy atom. The molecule has 0 aliphatic carbocycles. The minimum absolute atomic E-state index is 0.00115. The number of likely N-dealkylation sites (tertiary alicyclic amines) is 1. The zero-order valence-corrected chi connectivity index (χ0v) is 17.8. The van der Waals surface area contributed by atoms with Gasteiger partial charge in [-0.15, -0.1) is 0 Å². The average molecular weight is 434 g/mol. The first-order chi connectivity index (χ1) is 14.7. The maximum Gasteiger partial charge on any atom is 0.241 e. The number of hydrogen-bond donors (Lipinski definition) is 1. The molecule has 4 rings (SSSR count). The van der Waals surface area contributed by atoms with Gasteiger partial charge < -0.3 is 14.6 Å². The van der Waals surface area contributed by atoms with Crippen molar-refractivity contribution in [2.24, 2.45) is 5.92 Å². The molecule has 2 fully saturated rings. The van der Waals surface area contributed by atoms with Gasteiger partial charge in [-0.05, 0) is 31.5 Å². The summed E-state index contributed by atoms with van der Waals surface area (Å²) in [5, 5.41) is 7.81. The maximum absolute atomic E-state index is 12.6. The zero-order valence-electron chi connectivity index (χ0n) is 17.1. The van der Waals surface area contributed by atoms with Crippen LogP contribution < -0.4 is 5.32 Å². The van der Waals surface area contributed by atoms with Crippen molar-refractivity contribution in [1.29, 1.82) is 0 Å². The topological polar surface area (TPSA) is 83.7 Å². The smallest absolute Gasteiger partial charge is 0.241 e. The number of carbonyl (C=O) groups excluding carboxylic acids is 1. The fraction of sp³-hybridized carbons (Fsp3) is 0.571. The SMILES string of the molecule is O=C(NCCN1CCOCC1)C1CCCN(Cc2nc(-c3cccc(Cl)c3)no2)C1.